The summed E-state index contributed by atoms with van der Waals surface area (Å²) in [5.41, 5.74) is 2.64. The maximum Gasteiger partial charge on any atom is 0.231 e. The van der Waals surface area contributed by atoms with Crippen molar-refractivity contribution >= 4 is 12.2 Å². The standard InChI is InChI=1S/2C7H8.C3H6.2CHNO/c2*1-7-5-3-2-4-6-7;1-3-2;2*2-1-3/h2*2-6H,1H3;3H,1H2,2H3;2*2H. The second kappa shape index (κ2) is 24.0. The SMILES string of the molecule is C=CC.Cc1ccccc1.Cc1ccccc1.N=C=O.N=C=O. The van der Waals surface area contributed by atoms with Crippen molar-refractivity contribution in [1.29, 1.82) is 10.8 Å². The largest absolute Gasteiger partial charge is 0.231 e. The Labute approximate surface area is 138 Å². The highest BCUT2D eigenvalue weighted by molar-refractivity contribution is 5.26. The molecule has 0 saturated carbocycles. The predicted octanol–water partition coefficient (Wildman–Crippen LogP) is 4.98. The van der Waals surface area contributed by atoms with Crippen molar-refractivity contribution in [3.8, 4) is 0 Å². The Kier molecular flexibility index (Phi) is 26.0. The number of nitrogens with one attached hydrogen (secondary N) is 2. The van der Waals surface area contributed by atoms with Gasteiger partial charge in [0.05, 0.1) is 0 Å². The second-order valence-corrected chi connectivity index (χ2v) is 3.92. The van der Waals surface area contributed by atoms with Gasteiger partial charge in [-0.3, -0.25) is 0 Å². The Hall–Kier alpha value is -3.06. The number of rotatable bonds is 0. The van der Waals surface area contributed by atoms with E-state index in [0.29, 0.717) is 0 Å². The predicted molar refractivity (Wildman–Crippen MR) is 95.1 cm³/mol. The number of carbonyl (C=O) groups excluding carboxylic acids is 2. The van der Waals surface area contributed by atoms with E-state index in [9.17, 15) is 0 Å². The normalized spacial score (nSPS) is 6.57. The van der Waals surface area contributed by atoms with Crippen molar-refractivity contribution < 1.29 is 9.59 Å². The van der Waals surface area contributed by atoms with Crippen molar-refractivity contribution in [2.24, 2.45) is 0 Å². The van der Waals surface area contributed by atoms with Crippen LogP contribution in [-0.4, -0.2) is 12.2 Å². The van der Waals surface area contributed by atoms with Crippen LogP contribution in [0.4, 0.5) is 0 Å². The number of benzene rings is 2. The number of hydrogen-bond acceptors (Lipinski definition) is 4. The average Bonchev–Trinajstić information content (AvgIpc) is 2.52. The van der Waals surface area contributed by atoms with E-state index in [-0.39, 0.29) is 0 Å². The molecule has 2 rings (SSSR count). The van der Waals surface area contributed by atoms with Crippen LogP contribution in [0.1, 0.15) is 18.1 Å². The topological polar surface area (TPSA) is 81.8 Å². The van der Waals surface area contributed by atoms with E-state index in [1.807, 2.05) is 43.3 Å². The summed E-state index contributed by atoms with van der Waals surface area (Å²) < 4.78 is 0. The van der Waals surface area contributed by atoms with E-state index in [0.717, 1.165) is 12.2 Å². The zero-order chi connectivity index (χ0) is 18.3. The molecule has 2 N–H and O–H groups in total. The fourth-order valence-corrected chi connectivity index (χ4v) is 1.07. The van der Waals surface area contributed by atoms with Gasteiger partial charge in [-0.1, -0.05) is 77.9 Å². The van der Waals surface area contributed by atoms with Crippen molar-refractivity contribution in [3.63, 3.8) is 0 Å². The third-order valence-corrected chi connectivity index (χ3v) is 1.88. The maximum absolute atomic E-state index is 8.35. The monoisotopic (exact) mass is 312 g/mol. The molecule has 0 heterocycles. The zero-order valence-electron chi connectivity index (χ0n) is 13.9. The summed E-state index contributed by atoms with van der Waals surface area (Å²) in [6.45, 7) is 9.42. The molecule has 0 aliphatic rings. The third-order valence-electron chi connectivity index (χ3n) is 1.88. The Bertz CT molecular complexity index is 491. The molecular formula is C19H24N2O2. The van der Waals surface area contributed by atoms with Crippen molar-refractivity contribution in [2.75, 3.05) is 0 Å². The molecule has 0 saturated heterocycles. The molecule has 2 aromatic rings. The van der Waals surface area contributed by atoms with Gasteiger partial charge in [0, 0.05) is 0 Å². The van der Waals surface area contributed by atoms with Crippen LogP contribution in [-0.2, 0) is 9.59 Å². The molecule has 0 radical (unpaired) electrons. The molecule has 0 unspecified atom stereocenters. The van der Waals surface area contributed by atoms with Crippen LogP contribution in [0.2, 0.25) is 0 Å². The van der Waals surface area contributed by atoms with Gasteiger partial charge in [-0.25, -0.2) is 20.4 Å². The van der Waals surface area contributed by atoms with E-state index < -0.39 is 0 Å². The molecule has 122 valence electrons. The molecule has 0 aliphatic carbocycles. The number of isocyanates is 2. The number of aryl methyl sites for hydroxylation is 2. The van der Waals surface area contributed by atoms with Gasteiger partial charge in [-0.2, -0.15) is 0 Å². The lowest BCUT2D eigenvalue weighted by Gasteiger charge is -1.82. The Morgan fingerprint density at radius 3 is 1.04 bits per heavy atom. The van der Waals surface area contributed by atoms with Gasteiger partial charge in [0.25, 0.3) is 0 Å². The molecule has 0 amide bonds. The van der Waals surface area contributed by atoms with Gasteiger partial charge in [0.1, 0.15) is 0 Å². The summed E-state index contributed by atoms with van der Waals surface area (Å²) in [6.07, 6.45) is 3.25. The second-order valence-electron chi connectivity index (χ2n) is 3.92. The highest BCUT2D eigenvalue weighted by atomic mass is 16.1. The van der Waals surface area contributed by atoms with Gasteiger partial charge in [-0.15, -0.1) is 6.58 Å². The van der Waals surface area contributed by atoms with Crippen molar-refractivity contribution in [3.05, 3.63) is 84.4 Å². The molecule has 23 heavy (non-hydrogen) atoms. The van der Waals surface area contributed by atoms with Crippen LogP contribution in [0.25, 0.3) is 0 Å². The van der Waals surface area contributed by atoms with Gasteiger partial charge < -0.3 is 0 Å². The first kappa shape index (κ1) is 24.9. The van der Waals surface area contributed by atoms with Gasteiger partial charge in [0.2, 0.25) is 12.2 Å². The van der Waals surface area contributed by atoms with E-state index in [4.69, 9.17) is 20.4 Å². The smallest absolute Gasteiger partial charge is 0.222 e. The molecule has 0 spiro atoms. The molecule has 2 aromatic carbocycles. The minimum Gasteiger partial charge on any atom is -0.222 e. The lowest BCUT2D eigenvalue weighted by Crippen LogP contribution is -1.62. The first-order chi connectivity index (χ1) is 11.0. The maximum atomic E-state index is 8.35. The quantitative estimate of drug-likeness (QED) is 0.408. The van der Waals surface area contributed by atoms with Crippen LogP contribution in [0.3, 0.4) is 0 Å². The van der Waals surface area contributed by atoms with E-state index in [1.165, 1.54) is 11.1 Å². The molecule has 0 fully saturated rings. The van der Waals surface area contributed by atoms with Crippen molar-refractivity contribution in [1.82, 2.24) is 0 Å². The Balaban J connectivity index is -0.000000235. The molecule has 0 bridgehead atoms. The third kappa shape index (κ3) is 32.5. The summed E-state index contributed by atoms with van der Waals surface area (Å²) in [5, 5.41) is 10.8. The van der Waals surface area contributed by atoms with Gasteiger partial charge in [-0.05, 0) is 20.8 Å². The molecular weight excluding hydrogens is 288 g/mol. The number of allylic oxidation sites excluding steroid dienone is 1. The number of hydrogen-bond donors (Lipinski definition) is 2. The summed E-state index contributed by atoms with van der Waals surface area (Å²) in [5.74, 6) is 0. The van der Waals surface area contributed by atoms with Crippen molar-refractivity contribution in [2.45, 2.75) is 20.8 Å². The van der Waals surface area contributed by atoms with E-state index in [2.05, 4.69) is 44.7 Å². The zero-order valence-corrected chi connectivity index (χ0v) is 13.9. The van der Waals surface area contributed by atoms with Gasteiger partial charge in [0.15, 0.2) is 0 Å². The fourth-order valence-electron chi connectivity index (χ4n) is 1.07. The first-order valence-electron chi connectivity index (χ1n) is 6.72. The molecule has 4 heteroatoms. The van der Waals surface area contributed by atoms with Crippen LogP contribution < -0.4 is 0 Å². The highest BCUT2D eigenvalue weighted by Gasteiger charge is 1.72. The average molecular weight is 312 g/mol. The molecule has 4 nitrogen and oxygen atoms in total. The minimum atomic E-state index is 0.750. The van der Waals surface area contributed by atoms with Crippen LogP contribution >= 0.6 is 0 Å². The first-order valence-corrected chi connectivity index (χ1v) is 6.72. The Morgan fingerprint density at radius 2 is 0.957 bits per heavy atom. The lowest BCUT2D eigenvalue weighted by molar-refractivity contribution is 0.562. The van der Waals surface area contributed by atoms with Crippen LogP contribution in [0.15, 0.2) is 73.3 Å². The summed E-state index contributed by atoms with van der Waals surface area (Å²) in [7, 11) is 0. The molecule has 0 atom stereocenters. The fraction of sp³-hybridized carbons (Fsp3) is 0.158. The van der Waals surface area contributed by atoms with Crippen LogP contribution in [0, 0.1) is 24.7 Å². The Morgan fingerprint density at radius 1 is 0.783 bits per heavy atom. The minimum absolute atomic E-state index is 0.750. The lowest BCUT2D eigenvalue weighted by atomic mass is 10.2. The molecule has 0 aliphatic heterocycles. The van der Waals surface area contributed by atoms with Gasteiger partial charge >= 0.3 is 0 Å². The van der Waals surface area contributed by atoms with E-state index in [1.54, 1.807) is 6.08 Å². The summed E-state index contributed by atoms with van der Waals surface area (Å²) in [4.78, 5) is 16.7. The van der Waals surface area contributed by atoms with Crippen LogP contribution in [0.5, 0.6) is 0 Å². The summed E-state index contributed by atoms with van der Waals surface area (Å²) >= 11 is 0. The molecule has 0 aromatic heterocycles. The highest BCUT2D eigenvalue weighted by Crippen LogP contribution is 1.92. The van der Waals surface area contributed by atoms with E-state index >= 15 is 0 Å². The summed E-state index contributed by atoms with van der Waals surface area (Å²) in [6, 6.07) is 20.5.